The molecule has 0 atom stereocenters. The van der Waals surface area contributed by atoms with Crippen LogP contribution in [0.3, 0.4) is 0 Å². The Kier molecular flexibility index (Phi) is 7.71. The lowest BCUT2D eigenvalue weighted by Gasteiger charge is -2.13. The predicted molar refractivity (Wildman–Crippen MR) is 127 cm³/mol. The average Bonchev–Trinajstić information content (AvgIpc) is 3.09. The van der Waals surface area contributed by atoms with Gasteiger partial charge in [0.15, 0.2) is 11.5 Å². The molecule has 0 amide bonds. The maximum absolute atomic E-state index is 12.6. The molecule has 1 N–H and O–H groups in total. The summed E-state index contributed by atoms with van der Waals surface area (Å²) in [6.07, 6.45) is 1.70. The Balaban J connectivity index is 2.08. The van der Waals surface area contributed by atoms with Crippen LogP contribution in [0.25, 0.3) is 6.08 Å². The molecule has 168 valence electrons. The predicted octanol–water partition coefficient (Wildman–Crippen LogP) is 5.56. The number of aliphatic hydroxyl groups is 1. The fourth-order valence-corrected chi connectivity index (χ4v) is 4.12. The van der Waals surface area contributed by atoms with E-state index in [2.05, 4.69) is 4.99 Å². The molecule has 0 aliphatic carbocycles. The van der Waals surface area contributed by atoms with Gasteiger partial charge in [0.2, 0.25) is 5.75 Å². The minimum atomic E-state index is -0.654. The molecule has 1 heterocycles. The molecule has 3 rings (SSSR count). The number of methoxy groups -OCH3 is 3. The Morgan fingerprint density at radius 2 is 1.72 bits per heavy atom. The van der Waals surface area contributed by atoms with Gasteiger partial charge in [0.05, 0.1) is 38.5 Å². The van der Waals surface area contributed by atoms with E-state index in [0.717, 1.165) is 11.8 Å². The van der Waals surface area contributed by atoms with Gasteiger partial charge < -0.3 is 24.1 Å². The number of rotatable bonds is 7. The minimum Gasteiger partial charge on any atom is -0.506 e. The molecule has 2 aromatic carbocycles. The number of thioether (sulfide) groups is 1. The van der Waals surface area contributed by atoms with Gasteiger partial charge in [0, 0.05) is 5.02 Å². The van der Waals surface area contributed by atoms with E-state index in [1.807, 2.05) is 0 Å². The lowest BCUT2D eigenvalue weighted by Crippen LogP contribution is -2.12. The largest absolute Gasteiger partial charge is 0.506 e. The normalized spacial score (nSPS) is 15.9. The summed E-state index contributed by atoms with van der Waals surface area (Å²) in [5.74, 6) is 0.512. The van der Waals surface area contributed by atoms with Gasteiger partial charge in [-0.1, -0.05) is 23.4 Å². The number of hydrogen-bond acceptors (Lipinski definition) is 8. The van der Waals surface area contributed by atoms with Gasteiger partial charge in [-0.25, -0.2) is 9.79 Å². The Bertz CT molecular complexity index is 1080. The van der Waals surface area contributed by atoms with Crippen LogP contribution in [0.5, 0.6) is 17.2 Å². The molecule has 0 aromatic heterocycles. The molecule has 0 saturated carbocycles. The third kappa shape index (κ3) is 5.03. The Morgan fingerprint density at radius 1 is 1.09 bits per heavy atom. The van der Waals surface area contributed by atoms with E-state index in [0.29, 0.717) is 43.5 Å². The third-order valence-corrected chi connectivity index (χ3v) is 5.68. The molecule has 1 aliphatic heterocycles. The van der Waals surface area contributed by atoms with E-state index < -0.39 is 5.97 Å². The number of carbonyl (C=O) groups excluding carboxylic acids is 1. The summed E-state index contributed by atoms with van der Waals surface area (Å²) in [6, 6.07) is 10.3. The second-order valence-corrected chi connectivity index (χ2v) is 7.87. The first-order valence-electron chi connectivity index (χ1n) is 9.56. The van der Waals surface area contributed by atoms with Crippen molar-refractivity contribution in [1.29, 1.82) is 0 Å². The lowest BCUT2D eigenvalue weighted by atomic mass is 10.1. The van der Waals surface area contributed by atoms with E-state index in [1.165, 1.54) is 21.3 Å². The first-order valence-corrected chi connectivity index (χ1v) is 10.8. The van der Waals surface area contributed by atoms with Crippen LogP contribution in [-0.2, 0) is 9.53 Å². The van der Waals surface area contributed by atoms with Gasteiger partial charge >= 0.3 is 5.97 Å². The molecule has 0 fully saturated rings. The highest BCUT2D eigenvalue weighted by Gasteiger charge is 2.33. The zero-order valence-corrected chi connectivity index (χ0v) is 19.5. The molecule has 0 unspecified atom stereocenters. The Morgan fingerprint density at radius 3 is 2.25 bits per heavy atom. The molecule has 0 spiro atoms. The van der Waals surface area contributed by atoms with Crippen LogP contribution < -0.4 is 14.2 Å². The summed E-state index contributed by atoms with van der Waals surface area (Å²) < 4.78 is 21.3. The lowest BCUT2D eigenvalue weighted by molar-refractivity contribution is -0.138. The fraction of sp³-hybridized carbons (Fsp3) is 0.217. The Labute approximate surface area is 195 Å². The van der Waals surface area contributed by atoms with Gasteiger partial charge in [-0.3, -0.25) is 0 Å². The average molecular weight is 476 g/mol. The van der Waals surface area contributed by atoms with Gasteiger partial charge in [-0.05, 0) is 55.0 Å². The topological polar surface area (TPSA) is 86.6 Å². The van der Waals surface area contributed by atoms with Crippen LogP contribution in [0.15, 0.2) is 57.6 Å². The van der Waals surface area contributed by atoms with Crippen molar-refractivity contribution in [2.45, 2.75) is 6.92 Å². The molecule has 32 heavy (non-hydrogen) atoms. The molecule has 7 nitrogen and oxygen atoms in total. The molecule has 1 aliphatic rings. The summed E-state index contributed by atoms with van der Waals surface area (Å²) >= 11 is 7.09. The van der Waals surface area contributed by atoms with Crippen molar-refractivity contribution in [3.8, 4) is 17.2 Å². The second-order valence-electron chi connectivity index (χ2n) is 6.41. The third-order valence-electron chi connectivity index (χ3n) is 4.41. The van der Waals surface area contributed by atoms with Gasteiger partial charge in [0.25, 0.3) is 0 Å². The highest BCUT2D eigenvalue weighted by molar-refractivity contribution is 8.18. The number of halogens is 1. The van der Waals surface area contributed by atoms with Crippen LogP contribution in [0, 0.1) is 0 Å². The van der Waals surface area contributed by atoms with Crippen LogP contribution in [0.4, 0.5) is 5.69 Å². The molecule has 0 bridgehead atoms. The highest BCUT2D eigenvalue weighted by Crippen LogP contribution is 2.43. The fourth-order valence-electron chi connectivity index (χ4n) is 2.96. The van der Waals surface area contributed by atoms with E-state index in [9.17, 15) is 9.90 Å². The summed E-state index contributed by atoms with van der Waals surface area (Å²) in [7, 11) is 4.56. The smallest absolute Gasteiger partial charge is 0.344 e. The number of carbonyl (C=O) groups is 1. The first kappa shape index (κ1) is 23.6. The summed E-state index contributed by atoms with van der Waals surface area (Å²) in [6.45, 7) is 1.86. The number of hydrogen-bond donors (Lipinski definition) is 1. The molecule has 0 radical (unpaired) electrons. The molecule has 0 saturated heterocycles. The van der Waals surface area contributed by atoms with Crippen molar-refractivity contribution in [1.82, 2.24) is 0 Å². The molecule has 9 heteroatoms. The number of benzene rings is 2. The zero-order chi connectivity index (χ0) is 23.3. The van der Waals surface area contributed by atoms with Crippen LogP contribution in [0.1, 0.15) is 12.5 Å². The number of ether oxygens (including phenoxy) is 4. The number of aliphatic imine (C=N–C) groups is 1. The number of nitrogens with zero attached hydrogens (tertiary/aromatic N) is 1. The maximum Gasteiger partial charge on any atom is 0.344 e. The van der Waals surface area contributed by atoms with Crippen LogP contribution in [-0.4, -0.2) is 44.1 Å². The number of aliphatic hydroxyl groups excluding tert-OH is 1. The van der Waals surface area contributed by atoms with Crippen molar-refractivity contribution in [2.75, 3.05) is 27.9 Å². The SMILES string of the molecule is CCOC(=O)C1=C(O)/C(=C/c2cc(OC)c(OC)c(OC)c2)SC1=Nc1ccc(Cl)cc1. The first-order chi connectivity index (χ1) is 15.4. The number of esters is 1. The van der Waals surface area contributed by atoms with Crippen molar-refractivity contribution < 1.29 is 28.8 Å². The van der Waals surface area contributed by atoms with Gasteiger partial charge in [-0.15, -0.1) is 0 Å². The van der Waals surface area contributed by atoms with Crippen molar-refractivity contribution in [3.63, 3.8) is 0 Å². The monoisotopic (exact) mass is 475 g/mol. The second kappa shape index (κ2) is 10.5. The van der Waals surface area contributed by atoms with E-state index in [-0.39, 0.29) is 17.9 Å². The summed E-state index contributed by atoms with van der Waals surface area (Å²) in [5, 5.41) is 11.7. The highest BCUT2D eigenvalue weighted by atomic mass is 35.5. The summed E-state index contributed by atoms with van der Waals surface area (Å²) in [5.41, 5.74) is 1.26. The van der Waals surface area contributed by atoms with Gasteiger partial charge in [0.1, 0.15) is 16.4 Å². The van der Waals surface area contributed by atoms with E-state index in [4.69, 9.17) is 30.5 Å². The van der Waals surface area contributed by atoms with Crippen LogP contribution >= 0.6 is 23.4 Å². The van der Waals surface area contributed by atoms with Gasteiger partial charge in [-0.2, -0.15) is 0 Å². The maximum atomic E-state index is 12.6. The van der Waals surface area contributed by atoms with Crippen molar-refractivity contribution in [3.05, 3.63) is 63.2 Å². The van der Waals surface area contributed by atoms with Crippen molar-refractivity contribution in [2.24, 2.45) is 4.99 Å². The van der Waals surface area contributed by atoms with E-state index in [1.54, 1.807) is 49.4 Å². The van der Waals surface area contributed by atoms with E-state index >= 15 is 0 Å². The van der Waals surface area contributed by atoms with Crippen molar-refractivity contribution >= 4 is 46.1 Å². The zero-order valence-electron chi connectivity index (χ0n) is 18.0. The quantitative estimate of drug-likeness (QED) is 0.524. The molecular weight excluding hydrogens is 454 g/mol. The standard InChI is InChI=1S/C23H22ClNO6S/c1-5-31-23(27)19-20(26)18(32-22(19)25-15-8-6-14(24)7-9-15)12-13-10-16(28-2)21(30-4)17(11-13)29-3/h6-12,26H,5H2,1-4H3/b18-12-,25-22?. The molecule has 2 aromatic rings. The van der Waals surface area contributed by atoms with Crippen LogP contribution in [0.2, 0.25) is 5.02 Å². The minimum absolute atomic E-state index is 0.00508. The summed E-state index contributed by atoms with van der Waals surface area (Å²) in [4.78, 5) is 17.5. The molecular formula is C23H22ClNO6S. The Hall–Kier alpha value is -3.10.